The second kappa shape index (κ2) is 8.29. The molecule has 0 aliphatic carbocycles. The molecule has 1 aromatic heterocycles. The van der Waals surface area contributed by atoms with Gasteiger partial charge in [-0.2, -0.15) is 0 Å². The highest BCUT2D eigenvalue weighted by molar-refractivity contribution is 6.31. The zero-order valence-electron chi connectivity index (χ0n) is 17.6. The zero-order valence-corrected chi connectivity index (χ0v) is 18.4. The molecule has 0 unspecified atom stereocenters. The van der Waals surface area contributed by atoms with E-state index in [0.29, 0.717) is 28.4 Å². The SMILES string of the molecule is COc1ccc(Cl)cc1-c1ccc2c(c1)C(=O)N1C[C@@H](NC(=O)c3ccco3)C[C@H]1C(=O)N2. The fourth-order valence-corrected chi connectivity index (χ4v) is 4.52. The smallest absolute Gasteiger partial charge is 0.287 e. The maximum Gasteiger partial charge on any atom is 0.287 e. The largest absolute Gasteiger partial charge is 0.496 e. The van der Waals surface area contributed by atoms with E-state index in [1.54, 1.807) is 49.6 Å². The maximum absolute atomic E-state index is 13.5. The fourth-order valence-electron chi connectivity index (χ4n) is 4.35. The van der Waals surface area contributed by atoms with Crippen molar-refractivity contribution in [3.05, 3.63) is 71.1 Å². The Morgan fingerprint density at radius 2 is 2.03 bits per heavy atom. The molecular formula is C24H20ClN3O5. The number of nitrogens with zero attached hydrogens (tertiary/aromatic N) is 1. The van der Waals surface area contributed by atoms with Crippen LogP contribution in [-0.2, 0) is 4.79 Å². The van der Waals surface area contributed by atoms with E-state index < -0.39 is 6.04 Å². The lowest BCUT2D eigenvalue weighted by atomic mass is 10.0. The van der Waals surface area contributed by atoms with Crippen LogP contribution >= 0.6 is 11.6 Å². The van der Waals surface area contributed by atoms with E-state index >= 15 is 0 Å². The lowest BCUT2D eigenvalue weighted by Crippen LogP contribution is -2.41. The Balaban J connectivity index is 1.44. The average Bonchev–Trinajstić information content (AvgIpc) is 3.48. The number of amides is 3. The third kappa shape index (κ3) is 3.82. The van der Waals surface area contributed by atoms with Crippen molar-refractivity contribution in [3.8, 4) is 16.9 Å². The van der Waals surface area contributed by atoms with Gasteiger partial charge in [0.1, 0.15) is 11.8 Å². The number of halogens is 1. The van der Waals surface area contributed by atoms with E-state index in [4.69, 9.17) is 20.8 Å². The summed E-state index contributed by atoms with van der Waals surface area (Å²) in [4.78, 5) is 40.2. The van der Waals surface area contributed by atoms with Crippen molar-refractivity contribution in [2.75, 3.05) is 19.0 Å². The van der Waals surface area contributed by atoms with Crippen molar-refractivity contribution in [2.24, 2.45) is 0 Å². The number of ether oxygens (including phenoxy) is 1. The van der Waals surface area contributed by atoms with Gasteiger partial charge in [-0.1, -0.05) is 17.7 Å². The molecule has 2 atom stereocenters. The Hall–Kier alpha value is -3.78. The molecule has 1 saturated heterocycles. The summed E-state index contributed by atoms with van der Waals surface area (Å²) in [5.74, 6) is -0.162. The van der Waals surface area contributed by atoms with Gasteiger partial charge in [-0.05, 0) is 54.4 Å². The summed E-state index contributed by atoms with van der Waals surface area (Å²) >= 11 is 6.18. The van der Waals surface area contributed by atoms with Gasteiger partial charge in [0.2, 0.25) is 5.91 Å². The quantitative estimate of drug-likeness (QED) is 0.613. The topological polar surface area (TPSA) is 101 Å². The normalized spacial score (nSPS) is 19.4. The number of fused-ring (bicyclic) bond motifs is 2. The molecule has 3 heterocycles. The molecule has 0 spiro atoms. The molecule has 0 bridgehead atoms. The van der Waals surface area contributed by atoms with Crippen LogP contribution in [0.3, 0.4) is 0 Å². The van der Waals surface area contributed by atoms with Gasteiger partial charge in [-0.3, -0.25) is 14.4 Å². The van der Waals surface area contributed by atoms with Crippen molar-refractivity contribution in [2.45, 2.75) is 18.5 Å². The molecule has 2 aromatic carbocycles. The molecule has 2 aliphatic rings. The van der Waals surface area contributed by atoms with Crippen LogP contribution in [-0.4, -0.2) is 48.4 Å². The molecule has 1 fully saturated rings. The molecule has 33 heavy (non-hydrogen) atoms. The highest BCUT2D eigenvalue weighted by Crippen LogP contribution is 2.36. The number of carbonyl (C=O) groups is 3. The van der Waals surface area contributed by atoms with Gasteiger partial charge in [0.05, 0.1) is 24.6 Å². The third-order valence-corrected chi connectivity index (χ3v) is 6.16. The summed E-state index contributed by atoms with van der Waals surface area (Å²) in [5.41, 5.74) is 2.28. The summed E-state index contributed by atoms with van der Waals surface area (Å²) in [6.45, 7) is 0.216. The molecule has 5 rings (SSSR count). The fraction of sp³-hybridized carbons (Fsp3) is 0.208. The predicted molar refractivity (Wildman–Crippen MR) is 121 cm³/mol. The van der Waals surface area contributed by atoms with Crippen molar-refractivity contribution in [3.63, 3.8) is 0 Å². The van der Waals surface area contributed by atoms with Gasteiger partial charge in [-0.25, -0.2) is 0 Å². The van der Waals surface area contributed by atoms with Crippen LogP contribution in [0.15, 0.2) is 59.2 Å². The molecular weight excluding hydrogens is 446 g/mol. The van der Waals surface area contributed by atoms with Crippen molar-refractivity contribution < 1.29 is 23.5 Å². The van der Waals surface area contributed by atoms with Crippen LogP contribution in [0.2, 0.25) is 5.02 Å². The molecule has 2 aliphatic heterocycles. The van der Waals surface area contributed by atoms with Crippen molar-refractivity contribution in [1.29, 1.82) is 0 Å². The van der Waals surface area contributed by atoms with Crippen LogP contribution in [0.5, 0.6) is 5.75 Å². The number of benzene rings is 2. The van der Waals surface area contributed by atoms with Gasteiger partial charge in [0, 0.05) is 23.2 Å². The van der Waals surface area contributed by atoms with Crippen molar-refractivity contribution >= 4 is 35.0 Å². The first-order valence-electron chi connectivity index (χ1n) is 10.4. The van der Waals surface area contributed by atoms with Gasteiger partial charge >= 0.3 is 0 Å². The summed E-state index contributed by atoms with van der Waals surface area (Å²) in [6.07, 6.45) is 1.73. The minimum Gasteiger partial charge on any atom is -0.496 e. The number of anilines is 1. The standard InChI is InChI=1S/C24H20ClN3O5/c1-32-20-7-5-14(25)10-16(20)13-4-6-18-17(9-13)24(31)28-12-15(11-19(28)22(29)27-18)26-23(30)21-3-2-8-33-21/h2-10,15,19H,11-12H2,1H3,(H,26,30)(H,27,29)/t15-,19-/m0/s1. The first-order valence-corrected chi connectivity index (χ1v) is 10.8. The summed E-state index contributed by atoms with van der Waals surface area (Å²) in [7, 11) is 1.56. The monoisotopic (exact) mass is 465 g/mol. The Labute approximate surface area is 194 Å². The Morgan fingerprint density at radius 3 is 2.79 bits per heavy atom. The molecule has 8 nitrogen and oxygen atoms in total. The molecule has 0 radical (unpaired) electrons. The number of hydrogen-bond donors (Lipinski definition) is 2. The number of furan rings is 1. The minimum atomic E-state index is -0.684. The second-order valence-corrected chi connectivity index (χ2v) is 8.39. The van der Waals surface area contributed by atoms with Crippen LogP contribution in [0.4, 0.5) is 5.69 Å². The number of methoxy groups -OCH3 is 1. The molecule has 3 amide bonds. The lowest BCUT2D eigenvalue weighted by Gasteiger charge is -2.20. The molecule has 9 heteroatoms. The first-order chi connectivity index (χ1) is 15.9. The minimum absolute atomic E-state index is 0.179. The van der Waals surface area contributed by atoms with Crippen LogP contribution in [0.1, 0.15) is 27.3 Å². The van der Waals surface area contributed by atoms with Crippen LogP contribution in [0.25, 0.3) is 11.1 Å². The number of hydrogen-bond acceptors (Lipinski definition) is 5. The van der Waals surface area contributed by atoms with Gasteiger partial charge in [0.25, 0.3) is 11.8 Å². The lowest BCUT2D eigenvalue weighted by molar-refractivity contribution is -0.119. The van der Waals surface area contributed by atoms with E-state index in [-0.39, 0.29) is 36.1 Å². The van der Waals surface area contributed by atoms with E-state index in [1.807, 2.05) is 6.07 Å². The number of carbonyl (C=O) groups excluding carboxylic acids is 3. The molecule has 2 N–H and O–H groups in total. The van der Waals surface area contributed by atoms with Gasteiger partial charge in [-0.15, -0.1) is 0 Å². The first kappa shape index (κ1) is 21.1. The van der Waals surface area contributed by atoms with E-state index in [0.717, 1.165) is 11.1 Å². The van der Waals surface area contributed by atoms with Gasteiger partial charge in [0.15, 0.2) is 5.76 Å². The highest BCUT2D eigenvalue weighted by Gasteiger charge is 2.43. The van der Waals surface area contributed by atoms with E-state index in [1.165, 1.54) is 11.2 Å². The zero-order chi connectivity index (χ0) is 23.1. The Morgan fingerprint density at radius 1 is 1.18 bits per heavy atom. The maximum atomic E-state index is 13.5. The summed E-state index contributed by atoms with van der Waals surface area (Å²) in [6, 6.07) is 12.6. The second-order valence-electron chi connectivity index (χ2n) is 7.95. The highest BCUT2D eigenvalue weighted by atomic mass is 35.5. The Kier molecular flexibility index (Phi) is 5.30. The van der Waals surface area contributed by atoms with E-state index in [2.05, 4.69) is 10.6 Å². The van der Waals surface area contributed by atoms with Gasteiger partial charge < -0.3 is 24.7 Å². The van der Waals surface area contributed by atoms with Crippen molar-refractivity contribution in [1.82, 2.24) is 10.2 Å². The molecule has 168 valence electrons. The third-order valence-electron chi connectivity index (χ3n) is 5.93. The summed E-state index contributed by atoms with van der Waals surface area (Å²) in [5, 5.41) is 6.24. The summed E-state index contributed by atoms with van der Waals surface area (Å²) < 4.78 is 10.6. The van der Waals surface area contributed by atoms with Crippen LogP contribution in [0, 0.1) is 0 Å². The molecule has 3 aromatic rings. The Bertz CT molecular complexity index is 1260. The number of nitrogens with one attached hydrogen (secondary N) is 2. The number of rotatable bonds is 4. The van der Waals surface area contributed by atoms with Crippen LogP contribution < -0.4 is 15.4 Å². The molecule has 0 saturated carbocycles. The average molecular weight is 466 g/mol. The predicted octanol–water partition coefficient (Wildman–Crippen LogP) is 3.57. The van der Waals surface area contributed by atoms with E-state index in [9.17, 15) is 14.4 Å².